The van der Waals surface area contributed by atoms with Crippen molar-refractivity contribution < 1.29 is 34.8 Å². The van der Waals surface area contributed by atoms with Crippen LogP contribution in [0.25, 0.3) is 10.9 Å². The zero-order valence-corrected chi connectivity index (χ0v) is 22.6. The van der Waals surface area contributed by atoms with Crippen LogP contribution in [0.3, 0.4) is 0 Å². The summed E-state index contributed by atoms with van der Waals surface area (Å²) in [5.74, 6) is 1.26. The predicted molar refractivity (Wildman–Crippen MR) is 143 cm³/mol. The minimum absolute atomic E-state index is 0.0932. The highest BCUT2D eigenvalue weighted by Crippen LogP contribution is 2.37. The molecule has 4 rings (SSSR count). The maximum Gasteiger partial charge on any atom is 0.416 e. The maximum atomic E-state index is 13.1. The molecule has 2 aromatic carbocycles. The first-order valence-electron chi connectivity index (χ1n) is 13.0. The number of hydrogen-bond donors (Lipinski definition) is 4. The lowest BCUT2D eigenvalue weighted by atomic mass is 9.82. The van der Waals surface area contributed by atoms with Gasteiger partial charge in [-0.25, -0.2) is 18.1 Å². The lowest BCUT2D eigenvalue weighted by molar-refractivity contribution is -0.143. The van der Waals surface area contributed by atoms with Crippen molar-refractivity contribution in [3.8, 4) is 0 Å². The minimum Gasteiger partial charge on any atom is -0.368 e. The number of anilines is 2. The third kappa shape index (κ3) is 7.98. The molecular weight excluding hydrogens is 574 g/mol. The Labute approximate surface area is 233 Å². The van der Waals surface area contributed by atoms with Crippen LogP contribution in [-0.4, -0.2) is 44.6 Å². The van der Waals surface area contributed by atoms with Crippen LogP contribution in [0.1, 0.15) is 36.8 Å². The van der Waals surface area contributed by atoms with E-state index in [0.717, 1.165) is 23.7 Å². The highest BCUT2D eigenvalue weighted by atomic mass is 32.2. The van der Waals surface area contributed by atoms with Gasteiger partial charge >= 0.3 is 12.4 Å². The number of alkyl halides is 6. The number of hydrogen-bond acceptors (Lipinski definition) is 7. The van der Waals surface area contributed by atoms with E-state index in [9.17, 15) is 34.8 Å². The van der Waals surface area contributed by atoms with Crippen molar-refractivity contribution in [2.45, 2.75) is 42.9 Å². The molecule has 1 heterocycles. The van der Waals surface area contributed by atoms with Gasteiger partial charge in [-0.05, 0) is 67.9 Å². The summed E-state index contributed by atoms with van der Waals surface area (Å²) < 4.78 is 106. The van der Waals surface area contributed by atoms with Gasteiger partial charge in [0.15, 0.2) is 0 Å². The Morgan fingerprint density at radius 1 is 0.829 bits per heavy atom. The van der Waals surface area contributed by atoms with Crippen molar-refractivity contribution in [1.29, 1.82) is 0 Å². The summed E-state index contributed by atoms with van der Waals surface area (Å²) in [6.45, 7) is 1.47. The first-order valence-corrected chi connectivity index (χ1v) is 14.5. The van der Waals surface area contributed by atoms with Crippen LogP contribution < -0.4 is 21.1 Å². The quantitative estimate of drug-likeness (QED) is 0.234. The lowest BCUT2D eigenvalue weighted by Gasteiger charge is -2.28. The number of halogens is 6. The zero-order valence-electron chi connectivity index (χ0n) is 21.8. The van der Waals surface area contributed by atoms with Gasteiger partial charge in [0, 0.05) is 31.6 Å². The summed E-state index contributed by atoms with van der Waals surface area (Å²) in [5.41, 5.74) is 3.01. The Bertz CT molecular complexity index is 1420. The van der Waals surface area contributed by atoms with Gasteiger partial charge in [-0.15, -0.1) is 0 Å². The fraction of sp³-hybridized carbons (Fsp3) is 0.462. The Kier molecular flexibility index (Phi) is 9.29. The number of sulfonamides is 1. The Morgan fingerprint density at radius 2 is 1.41 bits per heavy atom. The van der Waals surface area contributed by atoms with Gasteiger partial charge in [0.05, 0.1) is 21.5 Å². The van der Waals surface area contributed by atoms with Gasteiger partial charge in [-0.1, -0.05) is 12.1 Å². The van der Waals surface area contributed by atoms with Crippen molar-refractivity contribution in [3.63, 3.8) is 0 Å². The lowest BCUT2D eigenvalue weighted by Crippen LogP contribution is -2.32. The topological polar surface area (TPSA) is 122 Å². The van der Waals surface area contributed by atoms with Crippen molar-refractivity contribution in [2.75, 3.05) is 36.8 Å². The largest absolute Gasteiger partial charge is 0.416 e. The molecule has 0 spiro atoms. The molecular formula is C26H30F6N6O2S. The first-order chi connectivity index (χ1) is 19.3. The van der Waals surface area contributed by atoms with Gasteiger partial charge in [0.1, 0.15) is 5.82 Å². The SMILES string of the molecule is NCCNc1nc(NC[C@H]2CC[C@H](CNS(=O)(=O)c3cc(C(F)(F)F)cc(C(F)(F)F)c3)CC2)nc2ccccc12. The molecule has 1 aromatic heterocycles. The zero-order chi connectivity index (χ0) is 29.8. The fourth-order valence-corrected chi connectivity index (χ4v) is 5.93. The molecule has 0 aliphatic heterocycles. The Balaban J connectivity index is 1.33. The molecule has 8 nitrogen and oxygen atoms in total. The highest BCUT2D eigenvalue weighted by Gasteiger charge is 2.38. The number of nitrogens with two attached hydrogens (primary N) is 1. The third-order valence-corrected chi connectivity index (χ3v) is 8.39. The summed E-state index contributed by atoms with van der Waals surface area (Å²) in [7, 11) is -4.61. The van der Waals surface area contributed by atoms with Crippen LogP contribution in [0.5, 0.6) is 0 Å². The van der Waals surface area contributed by atoms with E-state index >= 15 is 0 Å². The average molecular weight is 605 g/mol. The van der Waals surface area contributed by atoms with Gasteiger partial charge in [-0.3, -0.25) is 0 Å². The van der Waals surface area contributed by atoms with Crippen LogP contribution in [0.15, 0.2) is 47.4 Å². The second-order valence-corrected chi connectivity index (χ2v) is 11.8. The van der Waals surface area contributed by atoms with Crippen LogP contribution in [0.2, 0.25) is 0 Å². The number of nitrogens with one attached hydrogen (secondary N) is 3. The predicted octanol–water partition coefficient (Wildman–Crippen LogP) is 5.23. The standard InChI is InChI=1S/C26H30F6N6O2S/c27-25(28,29)18-11-19(26(30,31)32)13-20(12-18)41(39,40)36-15-17-7-5-16(6-8-17)14-35-24-37-22-4-2-1-3-21(22)23(38-24)34-10-9-33/h1-4,11-13,16-17,36H,5-10,14-15,33H2,(H2,34,35,37,38)/t16-,17-. The normalized spacial score (nSPS) is 18.4. The van der Waals surface area contributed by atoms with Crippen molar-refractivity contribution in [1.82, 2.24) is 14.7 Å². The summed E-state index contributed by atoms with van der Waals surface area (Å²) >= 11 is 0. The molecule has 0 saturated heterocycles. The minimum atomic E-state index is -5.14. The van der Waals surface area contributed by atoms with Crippen molar-refractivity contribution in [2.24, 2.45) is 17.6 Å². The van der Waals surface area contributed by atoms with E-state index in [4.69, 9.17) is 5.73 Å². The highest BCUT2D eigenvalue weighted by molar-refractivity contribution is 7.89. The van der Waals surface area contributed by atoms with Crippen LogP contribution in [-0.2, 0) is 22.4 Å². The Morgan fingerprint density at radius 3 is 2.00 bits per heavy atom. The molecule has 0 amide bonds. The fourth-order valence-electron chi connectivity index (χ4n) is 4.75. The van der Waals surface area contributed by atoms with Crippen LogP contribution in [0.4, 0.5) is 38.1 Å². The second kappa shape index (κ2) is 12.4. The monoisotopic (exact) mass is 604 g/mol. The molecule has 0 atom stereocenters. The molecule has 5 N–H and O–H groups in total. The molecule has 1 fully saturated rings. The van der Waals surface area contributed by atoms with E-state index in [1.54, 1.807) is 0 Å². The van der Waals surface area contributed by atoms with Gasteiger partial charge in [0.25, 0.3) is 0 Å². The molecule has 1 aliphatic rings. The first kappa shape index (κ1) is 30.8. The van der Waals surface area contributed by atoms with Crippen LogP contribution >= 0.6 is 0 Å². The van der Waals surface area contributed by atoms with E-state index in [2.05, 4.69) is 25.3 Å². The average Bonchev–Trinajstić information content (AvgIpc) is 2.93. The molecule has 0 bridgehead atoms. The summed E-state index contributed by atoms with van der Waals surface area (Å²) in [6, 6.07) is 7.89. The molecule has 0 unspecified atom stereocenters. The van der Waals surface area contributed by atoms with E-state index in [1.807, 2.05) is 24.3 Å². The molecule has 224 valence electrons. The number of aromatic nitrogens is 2. The van der Waals surface area contributed by atoms with Gasteiger partial charge in [0.2, 0.25) is 16.0 Å². The number of benzene rings is 2. The Hall–Kier alpha value is -3.17. The van der Waals surface area contributed by atoms with Crippen LogP contribution in [0, 0.1) is 11.8 Å². The van der Waals surface area contributed by atoms with E-state index in [-0.39, 0.29) is 36.6 Å². The smallest absolute Gasteiger partial charge is 0.368 e. The maximum absolute atomic E-state index is 13.1. The van der Waals surface area contributed by atoms with Gasteiger partial charge < -0.3 is 16.4 Å². The molecule has 41 heavy (non-hydrogen) atoms. The third-order valence-electron chi connectivity index (χ3n) is 6.99. The molecule has 3 aromatic rings. The summed E-state index contributed by atoms with van der Waals surface area (Å²) in [4.78, 5) is 8.04. The number of nitrogens with zero attached hydrogens (tertiary/aromatic N) is 2. The molecule has 1 aliphatic carbocycles. The number of fused-ring (bicyclic) bond motifs is 1. The molecule has 1 saturated carbocycles. The van der Waals surface area contributed by atoms with Crippen molar-refractivity contribution in [3.05, 3.63) is 53.6 Å². The van der Waals surface area contributed by atoms with Gasteiger partial charge in [-0.2, -0.15) is 31.3 Å². The summed E-state index contributed by atoms with van der Waals surface area (Å²) in [5, 5.41) is 7.33. The molecule has 0 radical (unpaired) electrons. The number of rotatable bonds is 10. The number of para-hydroxylation sites is 1. The van der Waals surface area contributed by atoms with E-state index < -0.39 is 38.4 Å². The molecule has 15 heteroatoms. The van der Waals surface area contributed by atoms with E-state index in [1.165, 1.54) is 0 Å². The van der Waals surface area contributed by atoms with E-state index in [0.29, 0.717) is 44.2 Å². The second-order valence-electron chi connectivity index (χ2n) is 9.99. The van der Waals surface area contributed by atoms with Crippen molar-refractivity contribution >= 4 is 32.7 Å². The summed E-state index contributed by atoms with van der Waals surface area (Å²) in [6.07, 6.45) is -7.53.